The largest absolute Gasteiger partial charge is 0.394 e. The van der Waals surface area contributed by atoms with E-state index in [4.69, 9.17) is 14.0 Å². The van der Waals surface area contributed by atoms with Crippen LogP contribution in [0, 0.1) is 0 Å². The van der Waals surface area contributed by atoms with Gasteiger partial charge in [-0.3, -0.25) is 14.6 Å². The summed E-state index contributed by atoms with van der Waals surface area (Å²) in [4.78, 5) is 25.1. The van der Waals surface area contributed by atoms with Crippen molar-refractivity contribution in [3.8, 4) is 5.75 Å². The van der Waals surface area contributed by atoms with Gasteiger partial charge >= 0.3 is 10.1 Å². The number of benzene rings is 2. The van der Waals surface area contributed by atoms with Gasteiger partial charge < -0.3 is 23.9 Å². The fourth-order valence-corrected chi connectivity index (χ4v) is 5.32. The lowest BCUT2D eigenvalue weighted by atomic mass is 10.2. The minimum absolute atomic E-state index is 0.0341. The van der Waals surface area contributed by atoms with Crippen LogP contribution in [0.2, 0.25) is 0 Å². The van der Waals surface area contributed by atoms with E-state index < -0.39 is 10.1 Å². The molecule has 3 aromatic rings. The molecule has 2 aliphatic rings. The molecule has 0 atom stereocenters. The predicted octanol–water partition coefficient (Wildman–Crippen LogP) is 1.59. The second-order valence-corrected chi connectivity index (χ2v) is 10.7. The van der Waals surface area contributed by atoms with Crippen LogP contribution in [0.15, 0.2) is 47.4 Å². The van der Waals surface area contributed by atoms with Gasteiger partial charge in [0.2, 0.25) is 12.4 Å². The highest BCUT2D eigenvalue weighted by atomic mass is 32.2. The molecule has 2 heterocycles. The van der Waals surface area contributed by atoms with Crippen LogP contribution < -0.4 is 14.0 Å². The maximum atomic E-state index is 12.9. The third kappa shape index (κ3) is 6.04. The third-order valence-corrected chi connectivity index (χ3v) is 7.86. The first kappa shape index (κ1) is 25.5. The number of rotatable bonds is 12. The van der Waals surface area contributed by atoms with Gasteiger partial charge in [0.1, 0.15) is 10.6 Å². The molecular weight excluding hydrogens is 498 g/mol. The number of nitrogens with zero attached hydrogens (tertiary/aromatic N) is 4. The smallest absolute Gasteiger partial charge is 0.339 e. The van der Waals surface area contributed by atoms with Crippen LogP contribution in [0.1, 0.15) is 12.8 Å². The van der Waals surface area contributed by atoms with E-state index in [1.54, 1.807) is 47.4 Å². The quantitative estimate of drug-likeness (QED) is 0.204. The number of fused-ring (bicyclic) bond motifs is 1. The molecule has 0 spiro atoms. The van der Waals surface area contributed by atoms with Crippen LogP contribution in [-0.2, 0) is 19.6 Å². The lowest BCUT2D eigenvalue weighted by Gasteiger charge is -2.36. The fourth-order valence-electron chi connectivity index (χ4n) is 4.40. The van der Waals surface area contributed by atoms with E-state index in [0.717, 1.165) is 57.7 Å². The number of piperazine rings is 1. The normalized spacial score (nSPS) is 16.7. The molecule has 0 unspecified atom stereocenters. The molecule has 1 aromatic heterocycles. The van der Waals surface area contributed by atoms with Crippen molar-refractivity contribution in [2.45, 2.75) is 23.8 Å². The zero-order valence-corrected chi connectivity index (χ0v) is 21.3. The Morgan fingerprint density at radius 2 is 1.84 bits per heavy atom. The summed E-state index contributed by atoms with van der Waals surface area (Å²) in [6.45, 7) is 5.24. The van der Waals surface area contributed by atoms with E-state index in [0.29, 0.717) is 30.2 Å². The number of hydrogen-bond acceptors (Lipinski definition) is 9. The first-order chi connectivity index (χ1) is 18.0. The van der Waals surface area contributed by atoms with Gasteiger partial charge in [0.05, 0.1) is 30.9 Å². The molecule has 12 heteroatoms. The van der Waals surface area contributed by atoms with Gasteiger partial charge in [0.15, 0.2) is 0 Å². The number of hydrogen-bond donors (Lipinski definition) is 2. The van der Waals surface area contributed by atoms with E-state index in [1.165, 1.54) is 0 Å². The van der Waals surface area contributed by atoms with Crippen molar-refractivity contribution in [1.82, 2.24) is 14.9 Å². The zero-order valence-electron chi connectivity index (χ0n) is 20.5. The molecule has 0 bridgehead atoms. The Morgan fingerprint density at radius 3 is 2.51 bits per heavy atom. The SMILES string of the molecule is O=CN(c1nc2cc(OS(=O)(=O)c3ccc(N4CCN(CCOCCO)CC4)cc3)ccc2[nH]1)C1CC1. The highest BCUT2D eigenvalue weighted by molar-refractivity contribution is 7.87. The van der Waals surface area contributed by atoms with Crippen LogP contribution in [0.5, 0.6) is 5.75 Å². The molecule has 1 aliphatic heterocycles. The van der Waals surface area contributed by atoms with Crippen LogP contribution in [0.3, 0.4) is 0 Å². The van der Waals surface area contributed by atoms with E-state index >= 15 is 0 Å². The Morgan fingerprint density at radius 1 is 1.08 bits per heavy atom. The Hall–Kier alpha value is -3.19. The van der Waals surface area contributed by atoms with Gasteiger partial charge in [-0.2, -0.15) is 8.42 Å². The molecular formula is C25H31N5O6S. The van der Waals surface area contributed by atoms with Crippen LogP contribution in [-0.4, -0.2) is 93.4 Å². The maximum Gasteiger partial charge on any atom is 0.339 e. The Kier molecular flexibility index (Phi) is 7.60. The van der Waals surface area contributed by atoms with Crippen molar-refractivity contribution in [3.63, 3.8) is 0 Å². The van der Waals surface area contributed by atoms with E-state index in [9.17, 15) is 13.2 Å². The molecule has 2 N–H and O–H groups in total. The van der Waals surface area contributed by atoms with Gasteiger partial charge in [0, 0.05) is 50.5 Å². The lowest BCUT2D eigenvalue weighted by molar-refractivity contribution is -0.107. The number of aliphatic hydroxyl groups excluding tert-OH is 1. The first-order valence-electron chi connectivity index (χ1n) is 12.4. The number of carbonyl (C=O) groups excluding carboxylic acids is 1. The fraction of sp³-hybridized carbons (Fsp3) is 0.440. The molecule has 11 nitrogen and oxygen atoms in total. The summed E-state index contributed by atoms with van der Waals surface area (Å²) >= 11 is 0. The molecule has 2 fully saturated rings. The first-order valence-corrected chi connectivity index (χ1v) is 13.8. The summed E-state index contributed by atoms with van der Waals surface area (Å²) in [7, 11) is -4.03. The number of aromatic nitrogens is 2. The summed E-state index contributed by atoms with van der Waals surface area (Å²) in [5.74, 6) is 0.594. The third-order valence-electron chi connectivity index (χ3n) is 6.60. The minimum atomic E-state index is -4.03. The average Bonchev–Trinajstić information content (AvgIpc) is 3.65. The number of aliphatic hydroxyl groups is 1. The Bertz CT molecular complexity index is 1320. The molecule has 1 saturated heterocycles. The minimum Gasteiger partial charge on any atom is -0.394 e. The Labute approximate surface area is 215 Å². The summed E-state index contributed by atoms with van der Waals surface area (Å²) in [6, 6.07) is 11.7. The second-order valence-electron chi connectivity index (χ2n) is 9.18. The van der Waals surface area contributed by atoms with Crippen LogP contribution >= 0.6 is 0 Å². The molecule has 198 valence electrons. The number of aromatic amines is 1. The summed E-state index contributed by atoms with van der Waals surface area (Å²) in [5, 5.41) is 8.78. The van der Waals surface area contributed by atoms with Gasteiger partial charge in [-0.15, -0.1) is 0 Å². The van der Waals surface area contributed by atoms with E-state index in [2.05, 4.69) is 19.8 Å². The van der Waals surface area contributed by atoms with Crippen molar-refractivity contribution in [1.29, 1.82) is 0 Å². The maximum absolute atomic E-state index is 12.9. The van der Waals surface area contributed by atoms with Crippen LogP contribution in [0.25, 0.3) is 11.0 Å². The zero-order chi connectivity index (χ0) is 25.8. The van der Waals surface area contributed by atoms with Gasteiger partial charge in [-0.25, -0.2) is 4.98 Å². The molecule has 0 radical (unpaired) electrons. The Balaban J connectivity index is 1.20. The summed E-state index contributed by atoms with van der Waals surface area (Å²) in [5.41, 5.74) is 2.16. The van der Waals surface area contributed by atoms with E-state index in [1.807, 2.05) is 0 Å². The highest BCUT2D eigenvalue weighted by Gasteiger charge is 2.31. The van der Waals surface area contributed by atoms with E-state index in [-0.39, 0.29) is 23.3 Å². The number of ether oxygens (including phenoxy) is 1. The summed E-state index contributed by atoms with van der Waals surface area (Å²) < 4.78 is 36.6. The number of carbonyl (C=O) groups is 1. The number of amides is 1. The van der Waals surface area contributed by atoms with Gasteiger partial charge in [0.25, 0.3) is 0 Å². The van der Waals surface area contributed by atoms with Crippen molar-refractivity contribution in [2.24, 2.45) is 0 Å². The van der Waals surface area contributed by atoms with Crippen molar-refractivity contribution in [2.75, 3.05) is 62.3 Å². The summed E-state index contributed by atoms with van der Waals surface area (Å²) in [6.07, 6.45) is 2.65. The monoisotopic (exact) mass is 529 g/mol. The van der Waals surface area contributed by atoms with Crippen molar-refractivity contribution in [3.05, 3.63) is 42.5 Å². The number of nitrogens with one attached hydrogen (secondary N) is 1. The molecule has 1 aliphatic carbocycles. The van der Waals surface area contributed by atoms with Gasteiger partial charge in [-0.05, 0) is 49.2 Å². The number of imidazole rings is 1. The van der Waals surface area contributed by atoms with Crippen molar-refractivity contribution >= 4 is 39.2 Å². The second kappa shape index (κ2) is 11.1. The topological polar surface area (TPSA) is 128 Å². The molecule has 1 amide bonds. The number of anilines is 2. The number of H-pyrrole nitrogens is 1. The molecule has 2 aromatic carbocycles. The standard InChI is InChI=1S/C25H31N5O6S/c31-14-16-35-15-13-28-9-11-29(12-10-28)19-3-6-22(7-4-19)37(33,34)36-21-5-8-23-24(17-21)27-25(26-23)30(18-32)20-1-2-20/h3-8,17-18,20,31H,1-2,9-16H2,(H,26,27). The molecule has 1 saturated carbocycles. The van der Waals surface area contributed by atoms with Crippen LogP contribution in [0.4, 0.5) is 11.6 Å². The van der Waals surface area contributed by atoms with Gasteiger partial charge in [-0.1, -0.05) is 0 Å². The van der Waals surface area contributed by atoms with Crippen molar-refractivity contribution < 1.29 is 27.2 Å². The highest BCUT2D eigenvalue weighted by Crippen LogP contribution is 2.31. The molecule has 37 heavy (non-hydrogen) atoms. The average molecular weight is 530 g/mol. The molecule has 5 rings (SSSR count). The predicted molar refractivity (Wildman–Crippen MR) is 138 cm³/mol. The lowest BCUT2D eigenvalue weighted by Crippen LogP contribution is -2.47.